The lowest BCUT2D eigenvalue weighted by Gasteiger charge is -2.17. The smallest absolute Gasteiger partial charge is 0.306 e. The van der Waals surface area contributed by atoms with E-state index in [0.29, 0.717) is 12.8 Å². The second-order valence-corrected chi connectivity index (χ2v) is 11.3. The highest BCUT2D eigenvalue weighted by Crippen LogP contribution is 2.17. The monoisotopic (exact) mass is 548 g/mol. The SMILES string of the molecule is CCCCC/C=C\C/C=C\CCCCCCCC(=O)OC(CCCCCCCCCCCCC)CCC(=O)O. The number of rotatable bonds is 30. The van der Waals surface area contributed by atoms with E-state index in [4.69, 9.17) is 9.84 Å². The van der Waals surface area contributed by atoms with Crippen LogP contribution in [0.5, 0.6) is 0 Å². The zero-order valence-electron chi connectivity index (χ0n) is 25.9. The average Bonchev–Trinajstić information content (AvgIpc) is 2.92. The fourth-order valence-corrected chi connectivity index (χ4v) is 4.91. The normalized spacial score (nSPS) is 12.5. The molecular weight excluding hydrogens is 484 g/mol. The molecule has 0 amide bonds. The summed E-state index contributed by atoms with van der Waals surface area (Å²) in [7, 11) is 0. The fraction of sp³-hybridized carbons (Fsp3) is 0.829. The summed E-state index contributed by atoms with van der Waals surface area (Å²) in [6.45, 7) is 4.50. The van der Waals surface area contributed by atoms with E-state index in [1.807, 2.05) is 0 Å². The molecule has 0 aliphatic carbocycles. The van der Waals surface area contributed by atoms with Gasteiger partial charge in [-0.3, -0.25) is 9.59 Å². The Hall–Kier alpha value is -1.58. The van der Waals surface area contributed by atoms with Gasteiger partial charge in [0, 0.05) is 12.8 Å². The summed E-state index contributed by atoms with van der Waals surface area (Å²) in [4.78, 5) is 23.4. The van der Waals surface area contributed by atoms with Gasteiger partial charge in [0.05, 0.1) is 0 Å². The quantitative estimate of drug-likeness (QED) is 0.0550. The van der Waals surface area contributed by atoms with E-state index in [-0.39, 0.29) is 18.5 Å². The van der Waals surface area contributed by atoms with Crippen LogP contribution in [0.15, 0.2) is 24.3 Å². The fourth-order valence-electron chi connectivity index (χ4n) is 4.91. The van der Waals surface area contributed by atoms with Crippen LogP contribution in [0, 0.1) is 0 Å². The third-order valence-electron chi connectivity index (χ3n) is 7.44. The van der Waals surface area contributed by atoms with Crippen molar-refractivity contribution < 1.29 is 19.4 Å². The number of carboxylic acid groups (broad SMARTS) is 1. The number of aliphatic carboxylic acids is 1. The van der Waals surface area contributed by atoms with Gasteiger partial charge in [0.25, 0.3) is 0 Å². The summed E-state index contributed by atoms with van der Waals surface area (Å²) in [5, 5.41) is 9.06. The Morgan fingerprint density at radius 3 is 1.59 bits per heavy atom. The molecule has 4 heteroatoms. The summed E-state index contributed by atoms with van der Waals surface area (Å²) in [5.41, 5.74) is 0. The molecule has 39 heavy (non-hydrogen) atoms. The zero-order chi connectivity index (χ0) is 28.7. The maximum atomic E-state index is 12.3. The minimum absolute atomic E-state index is 0.0691. The Morgan fingerprint density at radius 2 is 1.03 bits per heavy atom. The molecule has 0 aromatic carbocycles. The first-order chi connectivity index (χ1) is 19.1. The number of hydrogen-bond acceptors (Lipinski definition) is 3. The molecule has 0 saturated heterocycles. The lowest BCUT2D eigenvalue weighted by Crippen LogP contribution is -2.19. The molecule has 0 bridgehead atoms. The molecule has 1 N–H and O–H groups in total. The van der Waals surface area contributed by atoms with Gasteiger partial charge in [-0.2, -0.15) is 0 Å². The van der Waals surface area contributed by atoms with Crippen LogP contribution in [0.4, 0.5) is 0 Å². The van der Waals surface area contributed by atoms with Crippen LogP contribution < -0.4 is 0 Å². The second-order valence-electron chi connectivity index (χ2n) is 11.3. The van der Waals surface area contributed by atoms with Gasteiger partial charge in [0.1, 0.15) is 6.10 Å². The molecule has 228 valence electrons. The number of unbranched alkanes of at least 4 members (excludes halogenated alkanes) is 18. The summed E-state index contributed by atoms with van der Waals surface area (Å²) in [6.07, 6.45) is 37.5. The van der Waals surface area contributed by atoms with Crippen LogP contribution in [-0.4, -0.2) is 23.1 Å². The molecule has 0 radical (unpaired) electrons. The minimum Gasteiger partial charge on any atom is -0.481 e. The molecule has 0 heterocycles. The van der Waals surface area contributed by atoms with Crippen LogP contribution in [0.2, 0.25) is 0 Å². The Labute approximate surface area is 242 Å². The van der Waals surface area contributed by atoms with Crippen molar-refractivity contribution in [1.29, 1.82) is 0 Å². The van der Waals surface area contributed by atoms with Crippen molar-refractivity contribution in [3.8, 4) is 0 Å². The third kappa shape index (κ3) is 30.8. The molecule has 1 unspecified atom stereocenters. The molecule has 0 aromatic rings. The number of carboxylic acids is 1. The van der Waals surface area contributed by atoms with Gasteiger partial charge in [-0.05, 0) is 57.8 Å². The Kier molecular flexibility index (Phi) is 29.7. The topological polar surface area (TPSA) is 63.6 Å². The first-order valence-corrected chi connectivity index (χ1v) is 16.8. The number of ether oxygens (including phenoxy) is 1. The van der Waals surface area contributed by atoms with E-state index in [1.165, 1.54) is 96.3 Å². The van der Waals surface area contributed by atoms with Gasteiger partial charge >= 0.3 is 11.9 Å². The van der Waals surface area contributed by atoms with Crippen molar-refractivity contribution >= 4 is 11.9 Å². The Balaban J connectivity index is 3.81. The van der Waals surface area contributed by atoms with Gasteiger partial charge in [0.2, 0.25) is 0 Å². The molecule has 0 aliphatic rings. The number of carbonyl (C=O) groups is 2. The van der Waals surface area contributed by atoms with E-state index in [0.717, 1.165) is 51.4 Å². The number of esters is 1. The number of allylic oxidation sites excluding steroid dienone is 4. The first-order valence-electron chi connectivity index (χ1n) is 16.8. The van der Waals surface area contributed by atoms with Crippen LogP contribution >= 0.6 is 0 Å². The highest BCUT2D eigenvalue weighted by atomic mass is 16.5. The molecule has 1 atom stereocenters. The maximum Gasteiger partial charge on any atom is 0.306 e. The van der Waals surface area contributed by atoms with Crippen molar-refractivity contribution in [2.75, 3.05) is 0 Å². The highest BCUT2D eigenvalue weighted by molar-refractivity contribution is 5.69. The predicted octanol–water partition coefficient (Wildman–Crippen LogP) is 11.3. The number of carbonyl (C=O) groups excluding carboxylic acids is 1. The lowest BCUT2D eigenvalue weighted by molar-refractivity contribution is -0.151. The van der Waals surface area contributed by atoms with Crippen LogP contribution in [0.3, 0.4) is 0 Å². The molecule has 0 aliphatic heterocycles. The molecule has 0 saturated carbocycles. The lowest BCUT2D eigenvalue weighted by atomic mass is 10.0. The molecule has 0 spiro atoms. The molecule has 0 aromatic heterocycles. The number of hydrogen-bond donors (Lipinski definition) is 1. The third-order valence-corrected chi connectivity index (χ3v) is 7.44. The minimum atomic E-state index is -0.816. The van der Waals surface area contributed by atoms with Crippen molar-refractivity contribution in [2.24, 2.45) is 0 Å². The van der Waals surface area contributed by atoms with Gasteiger partial charge in [-0.1, -0.05) is 134 Å². The van der Waals surface area contributed by atoms with E-state index in [2.05, 4.69) is 38.2 Å². The molecule has 0 rings (SSSR count). The largest absolute Gasteiger partial charge is 0.481 e. The zero-order valence-corrected chi connectivity index (χ0v) is 25.9. The van der Waals surface area contributed by atoms with Crippen molar-refractivity contribution in [3.05, 3.63) is 24.3 Å². The van der Waals surface area contributed by atoms with Gasteiger partial charge in [-0.15, -0.1) is 0 Å². The standard InChI is InChI=1S/C35H64O4/c1-3-5-7-9-11-13-15-16-17-18-20-22-24-26-28-30-35(38)39-33(31-32-34(36)37)29-27-25-23-21-19-14-12-10-8-6-4-2/h11,13,16-17,33H,3-10,12,14-15,18-32H2,1-2H3,(H,36,37)/b13-11-,17-16-. The molecule has 0 fully saturated rings. The average molecular weight is 549 g/mol. The summed E-state index contributed by atoms with van der Waals surface area (Å²) in [6, 6.07) is 0. The molecular formula is C35H64O4. The predicted molar refractivity (Wildman–Crippen MR) is 167 cm³/mol. The highest BCUT2D eigenvalue weighted by Gasteiger charge is 2.15. The summed E-state index contributed by atoms with van der Waals surface area (Å²) in [5.74, 6) is -0.970. The van der Waals surface area contributed by atoms with Gasteiger partial charge in [-0.25, -0.2) is 0 Å². The van der Waals surface area contributed by atoms with Crippen LogP contribution in [0.25, 0.3) is 0 Å². The van der Waals surface area contributed by atoms with Crippen molar-refractivity contribution in [3.63, 3.8) is 0 Å². The molecule has 4 nitrogen and oxygen atoms in total. The summed E-state index contributed by atoms with van der Waals surface area (Å²) >= 11 is 0. The summed E-state index contributed by atoms with van der Waals surface area (Å²) < 4.78 is 5.69. The Morgan fingerprint density at radius 1 is 0.564 bits per heavy atom. The van der Waals surface area contributed by atoms with E-state index in [9.17, 15) is 9.59 Å². The Bertz CT molecular complexity index is 595. The maximum absolute atomic E-state index is 12.3. The first kappa shape index (κ1) is 37.4. The van der Waals surface area contributed by atoms with Gasteiger partial charge < -0.3 is 9.84 Å². The van der Waals surface area contributed by atoms with E-state index in [1.54, 1.807) is 0 Å². The van der Waals surface area contributed by atoms with Crippen molar-refractivity contribution in [2.45, 2.75) is 187 Å². The van der Waals surface area contributed by atoms with Gasteiger partial charge in [0.15, 0.2) is 0 Å². The van der Waals surface area contributed by atoms with Crippen LogP contribution in [0.1, 0.15) is 181 Å². The second kappa shape index (κ2) is 31.0. The van der Waals surface area contributed by atoms with Crippen LogP contribution in [-0.2, 0) is 14.3 Å². The van der Waals surface area contributed by atoms with E-state index < -0.39 is 5.97 Å². The van der Waals surface area contributed by atoms with Crippen molar-refractivity contribution in [1.82, 2.24) is 0 Å². The van der Waals surface area contributed by atoms with E-state index >= 15 is 0 Å².